The predicted octanol–water partition coefficient (Wildman–Crippen LogP) is 4.71. The van der Waals surface area contributed by atoms with E-state index in [1.165, 1.54) is 4.90 Å². The molecule has 1 aromatic heterocycles. The number of carbonyl (C=O) groups excluding carboxylic acids is 2. The van der Waals surface area contributed by atoms with Gasteiger partial charge in [-0.05, 0) is 37.6 Å². The number of amides is 3. The first kappa shape index (κ1) is 17.1. The second kappa shape index (κ2) is 6.76. The van der Waals surface area contributed by atoms with Gasteiger partial charge in [-0.3, -0.25) is 4.79 Å². The summed E-state index contributed by atoms with van der Waals surface area (Å²) in [6.07, 6.45) is 4.83. The summed E-state index contributed by atoms with van der Waals surface area (Å²) in [5.74, 6) is -0.341. The van der Waals surface area contributed by atoms with E-state index in [0.717, 1.165) is 22.9 Å². The molecule has 136 valence electrons. The second-order valence-corrected chi connectivity index (χ2v) is 6.73. The zero-order chi connectivity index (χ0) is 19.0. The minimum atomic E-state index is -0.428. The number of para-hydroxylation sites is 2. The number of benzene rings is 2. The maximum atomic E-state index is 12.8. The van der Waals surface area contributed by atoms with Gasteiger partial charge in [0.15, 0.2) is 0 Å². The maximum absolute atomic E-state index is 12.8. The quantitative estimate of drug-likeness (QED) is 0.542. The summed E-state index contributed by atoms with van der Waals surface area (Å²) in [6.45, 7) is 4.32. The lowest BCUT2D eigenvalue weighted by Crippen LogP contribution is -2.30. The van der Waals surface area contributed by atoms with Crippen LogP contribution in [0.2, 0.25) is 0 Å². The Morgan fingerprint density at radius 2 is 1.74 bits per heavy atom. The van der Waals surface area contributed by atoms with Crippen LogP contribution in [0.15, 0.2) is 66.5 Å². The van der Waals surface area contributed by atoms with E-state index in [0.29, 0.717) is 11.7 Å². The molecule has 0 radical (unpaired) electrons. The van der Waals surface area contributed by atoms with E-state index in [9.17, 15) is 9.59 Å². The highest BCUT2D eigenvalue weighted by atomic mass is 16.2. The Hall–Kier alpha value is -3.34. The molecule has 1 aliphatic heterocycles. The summed E-state index contributed by atoms with van der Waals surface area (Å²) < 4.78 is 2.22. The minimum absolute atomic E-state index is 0.288. The van der Waals surface area contributed by atoms with Crippen molar-refractivity contribution in [3.8, 4) is 0 Å². The van der Waals surface area contributed by atoms with Crippen molar-refractivity contribution in [1.82, 2.24) is 9.88 Å². The molecule has 1 unspecified atom stereocenters. The number of carbonyl (C=O) groups is 2. The topological polar surface area (TPSA) is 54.3 Å². The molecule has 0 aliphatic carbocycles. The van der Waals surface area contributed by atoms with Gasteiger partial charge >= 0.3 is 6.03 Å². The Labute approximate surface area is 157 Å². The SMILES string of the molecule is CCC(C)n1cc(C=C2NC(=O)N(c3ccccc3)C2=O)c2ccccc21. The number of fused-ring (bicyclic) bond motifs is 1. The minimum Gasteiger partial charge on any atom is -0.344 e. The molecule has 5 heteroatoms. The molecule has 1 saturated heterocycles. The van der Waals surface area contributed by atoms with Crippen LogP contribution in [0.3, 0.4) is 0 Å². The van der Waals surface area contributed by atoms with Crippen molar-refractivity contribution in [3.63, 3.8) is 0 Å². The smallest absolute Gasteiger partial charge is 0.333 e. The van der Waals surface area contributed by atoms with Crippen molar-refractivity contribution in [1.29, 1.82) is 0 Å². The van der Waals surface area contributed by atoms with E-state index in [4.69, 9.17) is 0 Å². The standard InChI is InChI=1S/C22H21N3O2/c1-3-15(2)24-14-16(18-11-7-8-12-20(18)24)13-19-21(26)25(22(27)23-19)17-9-5-4-6-10-17/h4-15H,3H2,1-2H3,(H,23,27). The van der Waals surface area contributed by atoms with Gasteiger partial charge in [-0.25, -0.2) is 9.69 Å². The maximum Gasteiger partial charge on any atom is 0.333 e. The molecule has 4 rings (SSSR count). The van der Waals surface area contributed by atoms with Crippen LogP contribution in [0.25, 0.3) is 17.0 Å². The lowest BCUT2D eigenvalue weighted by atomic mass is 10.1. The first-order chi connectivity index (χ1) is 13.1. The van der Waals surface area contributed by atoms with Gasteiger partial charge in [-0.2, -0.15) is 0 Å². The van der Waals surface area contributed by atoms with E-state index in [2.05, 4.69) is 36.0 Å². The summed E-state index contributed by atoms with van der Waals surface area (Å²) >= 11 is 0. The van der Waals surface area contributed by atoms with Crippen LogP contribution < -0.4 is 10.2 Å². The summed E-state index contributed by atoms with van der Waals surface area (Å²) in [5, 5.41) is 3.77. The van der Waals surface area contributed by atoms with Gasteiger partial charge in [0.05, 0.1) is 5.69 Å². The number of aromatic nitrogens is 1. The molecule has 3 amide bonds. The van der Waals surface area contributed by atoms with Gasteiger partial charge in [0.1, 0.15) is 5.70 Å². The van der Waals surface area contributed by atoms with Crippen LogP contribution in [0, 0.1) is 0 Å². The fraction of sp³-hybridized carbons (Fsp3) is 0.182. The Balaban J connectivity index is 1.77. The average Bonchev–Trinajstić information content (AvgIpc) is 3.19. The largest absolute Gasteiger partial charge is 0.344 e. The van der Waals surface area contributed by atoms with E-state index in [1.54, 1.807) is 30.3 Å². The van der Waals surface area contributed by atoms with Gasteiger partial charge in [0.25, 0.3) is 5.91 Å². The second-order valence-electron chi connectivity index (χ2n) is 6.73. The van der Waals surface area contributed by atoms with E-state index in [1.807, 2.05) is 24.3 Å². The fourth-order valence-corrected chi connectivity index (χ4v) is 3.41. The number of rotatable bonds is 4. The Kier molecular flexibility index (Phi) is 4.28. The third-order valence-electron chi connectivity index (χ3n) is 5.03. The molecular formula is C22H21N3O2. The number of hydrogen-bond donors (Lipinski definition) is 1. The highest BCUT2D eigenvalue weighted by Gasteiger charge is 2.34. The fourth-order valence-electron chi connectivity index (χ4n) is 3.41. The van der Waals surface area contributed by atoms with Crippen LogP contribution in [0.4, 0.5) is 10.5 Å². The number of urea groups is 1. The van der Waals surface area contributed by atoms with Crippen molar-refractivity contribution in [2.75, 3.05) is 4.90 Å². The van der Waals surface area contributed by atoms with Crippen LogP contribution in [-0.2, 0) is 4.79 Å². The third-order valence-corrected chi connectivity index (χ3v) is 5.03. The number of imide groups is 1. The average molecular weight is 359 g/mol. The number of nitrogens with one attached hydrogen (secondary N) is 1. The lowest BCUT2D eigenvalue weighted by molar-refractivity contribution is -0.113. The zero-order valence-electron chi connectivity index (χ0n) is 15.3. The first-order valence-electron chi connectivity index (χ1n) is 9.12. The summed E-state index contributed by atoms with van der Waals surface area (Å²) in [6, 6.07) is 17.0. The number of anilines is 1. The molecule has 1 N–H and O–H groups in total. The predicted molar refractivity (Wildman–Crippen MR) is 107 cm³/mol. The molecular weight excluding hydrogens is 338 g/mol. The molecule has 5 nitrogen and oxygen atoms in total. The van der Waals surface area contributed by atoms with Crippen LogP contribution in [0.1, 0.15) is 31.9 Å². The van der Waals surface area contributed by atoms with Crippen molar-refractivity contribution in [3.05, 3.63) is 72.1 Å². The van der Waals surface area contributed by atoms with E-state index < -0.39 is 6.03 Å². The number of nitrogens with zero attached hydrogens (tertiary/aromatic N) is 2. The summed E-state index contributed by atoms with van der Waals surface area (Å²) in [4.78, 5) is 26.3. The molecule has 2 heterocycles. The molecule has 2 aromatic carbocycles. The molecule has 1 aliphatic rings. The van der Waals surface area contributed by atoms with Crippen molar-refractivity contribution >= 4 is 34.6 Å². The van der Waals surface area contributed by atoms with Crippen molar-refractivity contribution < 1.29 is 9.59 Å². The van der Waals surface area contributed by atoms with E-state index >= 15 is 0 Å². The Bertz CT molecular complexity index is 1050. The Morgan fingerprint density at radius 3 is 2.48 bits per heavy atom. The zero-order valence-corrected chi connectivity index (χ0v) is 15.3. The third kappa shape index (κ3) is 2.91. The van der Waals surface area contributed by atoms with Crippen LogP contribution >= 0.6 is 0 Å². The van der Waals surface area contributed by atoms with E-state index in [-0.39, 0.29) is 11.6 Å². The summed E-state index contributed by atoms with van der Waals surface area (Å²) in [7, 11) is 0. The highest BCUT2D eigenvalue weighted by Crippen LogP contribution is 2.29. The van der Waals surface area contributed by atoms with Gasteiger partial charge in [0, 0.05) is 28.7 Å². The first-order valence-corrected chi connectivity index (χ1v) is 9.12. The summed E-state index contributed by atoms with van der Waals surface area (Å²) in [5.41, 5.74) is 2.89. The lowest BCUT2D eigenvalue weighted by Gasteiger charge is -2.12. The van der Waals surface area contributed by atoms with Gasteiger partial charge < -0.3 is 9.88 Å². The van der Waals surface area contributed by atoms with Gasteiger partial charge in [-0.15, -0.1) is 0 Å². The van der Waals surface area contributed by atoms with Crippen LogP contribution in [0.5, 0.6) is 0 Å². The van der Waals surface area contributed by atoms with Gasteiger partial charge in [-0.1, -0.05) is 43.3 Å². The van der Waals surface area contributed by atoms with Crippen molar-refractivity contribution in [2.24, 2.45) is 0 Å². The number of hydrogen-bond acceptors (Lipinski definition) is 2. The molecule has 0 spiro atoms. The van der Waals surface area contributed by atoms with Gasteiger partial charge in [0.2, 0.25) is 0 Å². The molecule has 1 atom stereocenters. The molecule has 3 aromatic rings. The monoisotopic (exact) mass is 359 g/mol. The van der Waals surface area contributed by atoms with Crippen LogP contribution in [-0.4, -0.2) is 16.5 Å². The highest BCUT2D eigenvalue weighted by molar-refractivity contribution is 6.28. The molecule has 27 heavy (non-hydrogen) atoms. The van der Waals surface area contributed by atoms with Crippen molar-refractivity contribution in [2.45, 2.75) is 26.3 Å². The molecule has 0 bridgehead atoms. The normalized spacial score (nSPS) is 17.0. The Morgan fingerprint density at radius 1 is 1.04 bits per heavy atom. The molecule has 0 saturated carbocycles. The molecule has 1 fully saturated rings.